The molecule has 0 unspecified atom stereocenters. The third-order valence-corrected chi connectivity index (χ3v) is 3.70. The number of thiazole rings is 1. The molecule has 0 aliphatic rings. The van der Waals surface area contributed by atoms with Crippen molar-refractivity contribution in [2.45, 2.75) is 0 Å². The monoisotopic (exact) mass is 320 g/mol. The molecule has 1 aromatic carbocycles. The van der Waals surface area contributed by atoms with E-state index in [-0.39, 0.29) is 0 Å². The standard InChI is InChI=1S/C12H9BrN4S/c13-9-3-1-2-8(6-9)10-7-11(14)17(16-10)12-15-4-5-18-12/h1-7H,14H2. The van der Waals surface area contributed by atoms with Gasteiger partial charge in [0.15, 0.2) is 0 Å². The van der Waals surface area contributed by atoms with Crippen LogP contribution in [0.15, 0.2) is 46.4 Å². The Morgan fingerprint density at radius 2 is 2.17 bits per heavy atom. The molecule has 4 nitrogen and oxygen atoms in total. The van der Waals surface area contributed by atoms with Gasteiger partial charge in [-0.25, -0.2) is 4.98 Å². The number of hydrogen-bond acceptors (Lipinski definition) is 4. The minimum Gasteiger partial charge on any atom is -0.383 e. The van der Waals surface area contributed by atoms with E-state index in [2.05, 4.69) is 26.0 Å². The van der Waals surface area contributed by atoms with Gasteiger partial charge in [0.25, 0.3) is 0 Å². The molecular formula is C12H9BrN4S. The summed E-state index contributed by atoms with van der Waals surface area (Å²) in [6, 6.07) is 9.80. The Hall–Kier alpha value is -1.66. The van der Waals surface area contributed by atoms with Crippen LogP contribution in [-0.2, 0) is 0 Å². The number of nitrogens with zero attached hydrogens (tertiary/aromatic N) is 3. The number of benzene rings is 1. The topological polar surface area (TPSA) is 56.7 Å². The minimum absolute atomic E-state index is 0.583. The van der Waals surface area contributed by atoms with Crippen LogP contribution in [0.25, 0.3) is 16.4 Å². The quantitative estimate of drug-likeness (QED) is 0.787. The maximum Gasteiger partial charge on any atom is 0.212 e. The van der Waals surface area contributed by atoms with Crippen LogP contribution in [-0.4, -0.2) is 14.8 Å². The van der Waals surface area contributed by atoms with Gasteiger partial charge in [0, 0.05) is 27.7 Å². The highest BCUT2D eigenvalue weighted by Gasteiger charge is 2.10. The number of aromatic nitrogens is 3. The molecule has 0 aliphatic heterocycles. The summed E-state index contributed by atoms with van der Waals surface area (Å²) in [6.45, 7) is 0. The molecule has 2 N–H and O–H groups in total. The molecule has 2 heterocycles. The van der Waals surface area contributed by atoms with Crippen molar-refractivity contribution in [3.63, 3.8) is 0 Å². The largest absolute Gasteiger partial charge is 0.383 e. The zero-order valence-electron chi connectivity index (χ0n) is 9.25. The minimum atomic E-state index is 0.583. The van der Waals surface area contributed by atoms with E-state index in [1.807, 2.05) is 35.7 Å². The smallest absolute Gasteiger partial charge is 0.212 e. The number of nitrogen functional groups attached to an aromatic ring is 1. The molecule has 0 saturated heterocycles. The van der Waals surface area contributed by atoms with Gasteiger partial charge in [-0.2, -0.15) is 9.78 Å². The fourth-order valence-corrected chi connectivity index (χ4v) is 2.67. The van der Waals surface area contributed by atoms with Crippen molar-refractivity contribution >= 4 is 33.1 Å². The lowest BCUT2D eigenvalue weighted by Crippen LogP contribution is -2.00. The van der Waals surface area contributed by atoms with Crippen LogP contribution in [0, 0.1) is 0 Å². The number of halogens is 1. The van der Waals surface area contributed by atoms with E-state index < -0.39 is 0 Å². The molecule has 0 amide bonds. The molecular weight excluding hydrogens is 312 g/mol. The van der Waals surface area contributed by atoms with Gasteiger partial charge in [0.05, 0.1) is 5.69 Å². The van der Waals surface area contributed by atoms with Crippen LogP contribution >= 0.6 is 27.3 Å². The molecule has 0 radical (unpaired) electrons. The van der Waals surface area contributed by atoms with Crippen LogP contribution in [0.5, 0.6) is 0 Å². The first-order valence-electron chi connectivity index (χ1n) is 5.25. The third-order valence-electron chi connectivity index (χ3n) is 2.46. The first kappa shape index (κ1) is 11.4. The summed E-state index contributed by atoms with van der Waals surface area (Å²) in [5.41, 5.74) is 7.82. The van der Waals surface area contributed by atoms with Crippen LogP contribution in [0.1, 0.15) is 0 Å². The van der Waals surface area contributed by atoms with Gasteiger partial charge in [-0.15, -0.1) is 11.3 Å². The van der Waals surface area contributed by atoms with Crippen molar-refractivity contribution in [1.82, 2.24) is 14.8 Å². The summed E-state index contributed by atoms with van der Waals surface area (Å²) in [5.74, 6) is 0.583. The molecule has 0 atom stereocenters. The van der Waals surface area contributed by atoms with E-state index in [0.29, 0.717) is 5.82 Å². The zero-order valence-corrected chi connectivity index (χ0v) is 11.6. The Kier molecular flexibility index (Phi) is 2.89. The number of anilines is 1. The lowest BCUT2D eigenvalue weighted by atomic mass is 10.2. The summed E-state index contributed by atoms with van der Waals surface area (Å²) < 4.78 is 2.67. The molecule has 0 spiro atoms. The van der Waals surface area contributed by atoms with Crippen molar-refractivity contribution in [1.29, 1.82) is 0 Å². The normalized spacial score (nSPS) is 10.7. The van der Waals surface area contributed by atoms with Gasteiger partial charge in [-0.1, -0.05) is 28.1 Å². The number of hydrogen-bond donors (Lipinski definition) is 1. The first-order chi connectivity index (χ1) is 8.74. The van der Waals surface area contributed by atoms with Crippen molar-refractivity contribution in [2.75, 3.05) is 5.73 Å². The highest BCUT2D eigenvalue weighted by atomic mass is 79.9. The summed E-state index contributed by atoms with van der Waals surface area (Å²) >= 11 is 4.95. The molecule has 0 fully saturated rings. The van der Waals surface area contributed by atoms with Crippen LogP contribution in [0.4, 0.5) is 5.82 Å². The summed E-state index contributed by atoms with van der Waals surface area (Å²) in [5, 5.41) is 7.15. The Balaban J connectivity index is 2.08. The van der Waals surface area contributed by atoms with Crippen LogP contribution in [0.2, 0.25) is 0 Å². The van der Waals surface area contributed by atoms with Crippen LogP contribution < -0.4 is 5.73 Å². The lowest BCUT2D eigenvalue weighted by Gasteiger charge is -1.98. The molecule has 2 aromatic heterocycles. The van der Waals surface area contributed by atoms with Gasteiger partial charge in [0.1, 0.15) is 5.82 Å². The highest BCUT2D eigenvalue weighted by Crippen LogP contribution is 2.25. The van der Waals surface area contributed by atoms with Crippen LogP contribution in [0.3, 0.4) is 0 Å². The van der Waals surface area contributed by atoms with Gasteiger partial charge >= 0.3 is 0 Å². The second kappa shape index (κ2) is 4.55. The van der Waals surface area contributed by atoms with Gasteiger partial charge in [-0.3, -0.25) is 0 Å². The van der Waals surface area contributed by atoms with E-state index >= 15 is 0 Å². The average molecular weight is 321 g/mol. The van der Waals surface area contributed by atoms with E-state index in [1.54, 1.807) is 10.9 Å². The van der Waals surface area contributed by atoms with Crippen molar-refractivity contribution in [3.8, 4) is 16.4 Å². The number of nitrogens with two attached hydrogens (primary N) is 1. The van der Waals surface area contributed by atoms with E-state index in [1.165, 1.54) is 11.3 Å². The van der Waals surface area contributed by atoms with Crippen molar-refractivity contribution in [2.24, 2.45) is 0 Å². The highest BCUT2D eigenvalue weighted by molar-refractivity contribution is 9.10. The molecule has 0 saturated carbocycles. The fourth-order valence-electron chi connectivity index (χ4n) is 1.66. The second-order valence-corrected chi connectivity index (χ2v) is 5.48. The fraction of sp³-hybridized carbons (Fsp3) is 0. The maximum atomic E-state index is 5.96. The first-order valence-corrected chi connectivity index (χ1v) is 6.92. The van der Waals surface area contributed by atoms with E-state index in [9.17, 15) is 0 Å². The molecule has 90 valence electrons. The van der Waals surface area contributed by atoms with Gasteiger partial charge in [-0.05, 0) is 12.1 Å². The van der Waals surface area contributed by atoms with E-state index in [4.69, 9.17) is 5.73 Å². The molecule has 0 bridgehead atoms. The van der Waals surface area contributed by atoms with Crippen molar-refractivity contribution in [3.05, 3.63) is 46.4 Å². The Morgan fingerprint density at radius 1 is 1.28 bits per heavy atom. The zero-order chi connectivity index (χ0) is 12.5. The molecule has 3 rings (SSSR count). The number of rotatable bonds is 2. The predicted octanol–water partition coefficient (Wildman–Crippen LogP) is 3.34. The average Bonchev–Trinajstić information content (AvgIpc) is 2.97. The van der Waals surface area contributed by atoms with Gasteiger partial charge in [0.2, 0.25) is 5.13 Å². The molecule has 18 heavy (non-hydrogen) atoms. The lowest BCUT2D eigenvalue weighted by molar-refractivity contribution is 0.884. The Labute approximate surface area is 116 Å². The Morgan fingerprint density at radius 3 is 2.89 bits per heavy atom. The van der Waals surface area contributed by atoms with E-state index in [0.717, 1.165) is 20.9 Å². The Bertz CT molecular complexity index is 675. The molecule has 0 aliphatic carbocycles. The second-order valence-electron chi connectivity index (χ2n) is 3.69. The van der Waals surface area contributed by atoms with Crippen molar-refractivity contribution < 1.29 is 0 Å². The summed E-state index contributed by atoms with van der Waals surface area (Å²) in [4.78, 5) is 4.20. The third kappa shape index (κ3) is 2.04. The van der Waals surface area contributed by atoms with Gasteiger partial charge < -0.3 is 5.73 Å². The molecule has 6 heteroatoms. The maximum absolute atomic E-state index is 5.96. The summed E-state index contributed by atoms with van der Waals surface area (Å²) in [7, 11) is 0. The summed E-state index contributed by atoms with van der Waals surface area (Å²) in [6.07, 6.45) is 1.74. The predicted molar refractivity (Wildman–Crippen MR) is 76.8 cm³/mol. The molecule has 3 aromatic rings. The SMILES string of the molecule is Nc1cc(-c2cccc(Br)c2)nn1-c1nccs1.